The minimum Gasteiger partial charge on any atom is -0.496 e. The lowest BCUT2D eigenvalue weighted by Crippen LogP contribution is -2.16. The lowest BCUT2D eigenvalue weighted by atomic mass is 10.0. The molecule has 0 aliphatic heterocycles. The molecule has 3 heteroatoms. The molecule has 2 nitrogen and oxygen atoms in total. The molecule has 0 saturated heterocycles. The van der Waals surface area contributed by atoms with Gasteiger partial charge in [0.15, 0.2) is 0 Å². The van der Waals surface area contributed by atoms with Gasteiger partial charge in [-0.3, -0.25) is 0 Å². The molecule has 0 aliphatic rings. The molecule has 20 heavy (non-hydrogen) atoms. The molecule has 0 atom stereocenters. The first kappa shape index (κ1) is 14.9. The minimum absolute atomic E-state index is 0.752. The fourth-order valence-electron chi connectivity index (χ4n) is 2.21. The van der Waals surface area contributed by atoms with Crippen LogP contribution in [0, 0.1) is 0 Å². The van der Waals surface area contributed by atoms with E-state index in [0.29, 0.717) is 0 Å². The Morgan fingerprint density at radius 1 is 1.10 bits per heavy atom. The first-order valence-corrected chi connectivity index (χ1v) is 7.26. The second-order valence-corrected chi connectivity index (χ2v) is 5.03. The molecule has 2 aromatic carbocycles. The molecule has 2 rings (SSSR count). The molecule has 0 amide bonds. The monoisotopic (exact) mass is 289 g/mol. The van der Waals surface area contributed by atoms with E-state index < -0.39 is 0 Å². The van der Waals surface area contributed by atoms with E-state index in [9.17, 15) is 0 Å². The van der Waals surface area contributed by atoms with Crippen LogP contribution in [0.2, 0.25) is 5.02 Å². The van der Waals surface area contributed by atoms with Gasteiger partial charge in [-0.05, 0) is 43.3 Å². The quantitative estimate of drug-likeness (QED) is 0.806. The first-order valence-electron chi connectivity index (χ1n) is 6.88. The average molecular weight is 290 g/mol. The summed E-state index contributed by atoms with van der Waals surface area (Å²) in [6.07, 6.45) is 0.993. The Morgan fingerprint density at radius 3 is 2.65 bits per heavy atom. The molecule has 0 bridgehead atoms. The fourth-order valence-corrected chi connectivity index (χ4v) is 2.43. The molecule has 106 valence electrons. The number of rotatable bonds is 6. The van der Waals surface area contributed by atoms with Crippen LogP contribution in [0.4, 0.5) is 0 Å². The summed E-state index contributed by atoms with van der Waals surface area (Å²) in [6.45, 7) is 4.08. The van der Waals surface area contributed by atoms with Crippen LogP contribution in [0.3, 0.4) is 0 Å². The predicted octanol–water partition coefficient (Wildman–Crippen LogP) is 4.17. The number of para-hydroxylation sites is 1. The Bertz CT molecular complexity index is 569. The minimum atomic E-state index is 0.752. The molecular weight excluding hydrogens is 270 g/mol. The van der Waals surface area contributed by atoms with Crippen molar-refractivity contribution in [2.24, 2.45) is 0 Å². The number of ether oxygens (including phenoxy) is 1. The molecule has 0 aromatic heterocycles. The van der Waals surface area contributed by atoms with Crippen molar-refractivity contribution >= 4 is 11.6 Å². The number of methoxy groups -OCH3 is 1. The Kier molecular flexibility index (Phi) is 5.45. The zero-order valence-electron chi connectivity index (χ0n) is 11.9. The van der Waals surface area contributed by atoms with Gasteiger partial charge < -0.3 is 10.1 Å². The van der Waals surface area contributed by atoms with Gasteiger partial charge in [0.05, 0.1) is 7.11 Å². The second-order valence-electron chi connectivity index (χ2n) is 4.62. The Hall–Kier alpha value is -1.51. The third-order valence-electron chi connectivity index (χ3n) is 3.27. The largest absolute Gasteiger partial charge is 0.496 e. The van der Waals surface area contributed by atoms with Gasteiger partial charge in [-0.1, -0.05) is 42.8 Å². The van der Waals surface area contributed by atoms with E-state index in [0.717, 1.165) is 41.4 Å². The van der Waals surface area contributed by atoms with Gasteiger partial charge in [0, 0.05) is 16.1 Å². The summed E-state index contributed by atoms with van der Waals surface area (Å²) in [7, 11) is 1.68. The highest BCUT2D eigenvalue weighted by Gasteiger charge is 2.09. The fraction of sp³-hybridized carbons (Fsp3) is 0.294. The predicted molar refractivity (Wildman–Crippen MR) is 85.7 cm³/mol. The molecular formula is C17H20ClNO. The van der Waals surface area contributed by atoms with Crippen molar-refractivity contribution in [1.29, 1.82) is 0 Å². The molecule has 0 saturated carbocycles. The number of halogens is 1. The maximum Gasteiger partial charge on any atom is 0.126 e. The van der Waals surface area contributed by atoms with Gasteiger partial charge in [0.2, 0.25) is 0 Å². The molecule has 0 spiro atoms. The summed E-state index contributed by atoms with van der Waals surface area (Å²) in [5, 5.41) is 4.09. The average Bonchev–Trinajstić information content (AvgIpc) is 2.49. The molecule has 0 heterocycles. The van der Waals surface area contributed by atoms with E-state index in [1.165, 1.54) is 5.56 Å². The molecule has 0 unspecified atom stereocenters. The van der Waals surface area contributed by atoms with Gasteiger partial charge in [-0.15, -0.1) is 0 Å². The summed E-state index contributed by atoms with van der Waals surface area (Å²) >= 11 is 6.35. The maximum atomic E-state index is 6.35. The summed E-state index contributed by atoms with van der Waals surface area (Å²) in [5.74, 6) is 0.846. The SMILES string of the molecule is CCNCCc1ccc(Cl)c(-c2ccccc2OC)c1. The third kappa shape index (κ3) is 3.53. The van der Waals surface area contributed by atoms with Gasteiger partial charge in [0.1, 0.15) is 5.75 Å². The molecule has 1 N–H and O–H groups in total. The normalized spacial score (nSPS) is 10.6. The van der Waals surface area contributed by atoms with E-state index in [-0.39, 0.29) is 0 Å². The molecule has 2 aromatic rings. The van der Waals surface area contributed by atoms with Crippen molar-refractivity contribution in [2.75, 3.05) is 20.2 Å². The molecule has 0 aliphatic carbocycles. The highest BCUT2D eigenvalue weighted by Crippen LogP contribution is 2.35. The van der Waals surface area contributed by atoms with Crippen molar-refractivity contribution < 1.29 is 4.74 Å². The Balaban J connectivity index is 2.32. The number of hydrogen-bond acceptors (Lipinski definition) is 2. The van der Waals surface area contributed by atoms with Crippen molar-refractivity contribution in [3.8, 4) is 16.9 Å². The van der Waals surface area contributed by atoms with E-state index in [1.54, 1.807) is 7.11 Å². The van der Waals surface area contributed by atoms with Crippen LogP contribution >= 0.6 is 11.6 Å². The van der Waals surface area contributed by atoms with Crippen LogP contribution < -0.4 is 10.1 Å². The summed E-state index contributed by atoms with van der Waals surface area (Å²) in [5.41, 5.74) is 3.33. The van der Waals surface area contributed by atoms with Gasteiger partial charge >= 0.3 is 0 Å². The lowest BCUT2D eigenvalue weighted by molar-refractivity contribution is 0.416. The van der Waals surface area contributed by atoms with Crippen LogP contribution in [0.25, 0.3) is 11.1 Å². The summed E-state index contributed by atoms with van der Waals surface area (Å²) < 4.78 is 5.42. The highest BCUT2D eigenvalue weighted by molar-refractivity contribution is 6.33. The van der Waals surface area contributed by atoms with Crippen LogP contribution in [0.15, 0.2) is 42.5 Å². The van der Waals surface area contributed by atoms with Crippen LogP contribution in [-0.2, 0) is 6.42 Å². The van der Waals surface area contributed by atoms with Crippen LogP contribution in [0.5, 0.6) is 5.75 Å². The smallest absolute Gasteiger partial charge is 0.126 e. The number of likely N-dealkylation sites (N-methyl/N-ethyl adjacent to an activating group) is 1. The zero-order valence-corrected chi connectivity index (χ0v) is 12.7. The van der Waals surface area contributed by atoms with E-state index in [2.05, 4.69) is 24.4 Å². The van der Waals surface area contributed by atoms with E-state index >= 15 is 0 Å². The highest BCUT2D eigenvalue weighted by atomic mass is 35.5. The number of nitrogens with one attached hydrogen (secondary N) is 1. The van der Waals surface area contributed by atoms with Crippen molar-refractivity contribution in [1.82, 2.24) is 5.32 Å². The topological polar surface area (TPSA) is 21.3 Å². The van der Waals surface area contributed by atoms with Gasteiger partial charge in [0.25, 0.3) is 0 Å². The zero-order chi connectivity index (χ0) is 14.4. The summed E-state index contributed by atoms with van der Waals surface area (Å²) in [6, 6.07) is 14.1. The third-order valence-corrected chi connectivity index (χ3v) is 3.60. The van der Waals surface area contributed by atoms with Crippen molar-refractivity contribution in [3.05, 3.63) is 53.1 Å². The van der Waals surface area contributed by atoms with Crippen LogP contribution in [0.1, 0.15) is 12.5 Å². The summed E-state index contributed by atoms with van der Waals surface area (Å²) in [4.78, 5) is 0. The van der Waals surface area contributed by atoms with Crippen LogP contribution in [-0.4, -0.2) is 20.2 Å². The molecule has 0 fully saturated rings. The molecule has 0 radical (unpaired) electrons. The standard InChI is InChI=1S/C17H20ClNO/c1-3-19-11-10-13-8-9-16(18)15(12-13)14-6-4-5-7-17(14)20-2/h4-9,12,19H,3,10-11H2,1-2H3. The van der Waals surface area contributed by atoms with Gasteiger partial charge in [-0.25, -0.2) is 0 Å². The maximum absolute atomic E-state index is 6.35. The Labute approximate surface area is 125 Å². The first-order chi connectivity index (χ1) is 9.76. The van der Waals surface area contributed by atoms with E-state index in [4.69, 9.17) is 16.3 Å². The number of benzene rings is 2. The number of hydrogen-bond donors (Lipinski definition) is 1. The van der Waals surface area contributed by atoms with Gasteiger partial charge in [-0.2, -0.15) is 0 Å². The Morgan fingerprint density at radius 2 is 1.90 bits per heavy atom. The van der Waals surface area contributed by atoms with E-state index in [1.807, 2.05) is 30.3 Å². The van der Waals surface area contributed by atoms with Crippen molar-refractivity contribution in [3.63, 3.8) is 0 Å². The lowest BCUT2D eigenvalue weighted by Gasteiger charge is -2.12. The van der Waals surface area contributed by atoms with Crippen molar-refractivity contribution in [2.45, 2.75) is 13.3 Å². The second kappa shape index (κ2) is 7.32.